The Labute approximate surface area is 215 Å². The smallest absolute Gasteiger partial charge is 0.257 e. The van der Waals surface area contributed by atoms with Gasteiger partial charge in [0, 0.05) is 38.9 Å². The molecule has 1 aliphatic carbocycles. The quantitative estimate of drug-likeness (QED) is 0.277. The topological polar surface area (TPSA) is 74.8 Å². The summed E-state index contributed by atoms with van der Waals surface area (Å²) in [7, 11) is 0. The number of Topliss-reactive ketones (excluding diaryl/α,β-unsaturated/α-hetero) is 1. The van der Waals surface area contributed by atoms with Crippen molar-refractivity contribution >= 4 is 50.9 Å². The van der Waals surface area contributed by atoms with Crippen LogP contribution in [0, 0.1) is 5.41 Å². The predicted molar refractivity (Wildman–Crippen MR) is 141 cm³/mol. The van der Waals surface area contributed by atoms with Crippen LogP contribution in [0.1, 0.15) is 49.3 Å². The fourth-order valence-electron chi connectivity index (χ4n) is 4.73. The van der Waals surface area contributed by atoms with Gasteiger partial charge < -0.3 is 10.3 Å². The first-order valence-electron chi connectivity index (χ1n) is 11.0. The first-order valence-corrected chi connectivity index (χ1v) is 13.2. The molecule has 1 aliphatic heterocycles. The van der Waals surface area contributed by atoms with Crippen LogP contribution in [0.25, 0.3) is 0 Å². The maximum atomic E-state index is 13.4. The molecule has 0 radical (unpaired) electrons. The number of fused-ring (bicyclic) bond motifs is 1. The fraction of sp³-hybridized carbons (Fsp3) is 0.269. The Bertz CT molecular complexity index is 1380. The van der Waals surface area contributed by atoms with Crippen LogP contribution < -0.4 is 10.9 Å². The van der Waals surface area contributed by atoms with Crippen LogP contribution in [0.4, 0.5) is 5.82 Å². The summed E-state index contributed by atoms with van der Waals surface area (Å²) in [5.74, 6) is 0.773. The second kappa shape index (κ2) is 9.02. The fourth-order valence-corrected chi connectivity index (χ4v) is 6.01. The predicted octanol–water partition coefficient (Wildman–Crippen LogP) is 6.68. The van der Waals surface area contributed by atoms with E-state index in [0.29, 0.717) is 39.3 Å². The maximum Gasteiger partial charge on any atom is 0.257 e. The summed E-state index contributed by atoms with van der Waals surface area (Å²) in [6, 6.07) is 15.4. The second-order valence-corrected chi connectivity index (χ2v) is 11.8. The van der Waals surface area contributed by atoms with E-state index in [2.05, 4.69) is 40.1 Å². The third-order valence-corrected chi connectivity index (χ3v) is 7.88. The molecule has 0 spiro atoms. The van der Waals surface area contributed by atoms with Gasteiger partial charge in [-0.1, -0.05) is 77.4 Å². The zero-order valence-electron chi connectivity index (χ0n) is 18.7. The molecule has 2 aliphatic rings. The molecule has 0 saturated heterocycles. The Morgan fingerprint density at radius 1 is 1.15 bits per heavy atom. The minimum Gasteiger partial charge on any atom is -0.343 e. The lowest BCUT2D eigenvalue weighted by Crippen LogP contribution is -2.37. The van der Waals surface area contributed by atoms with E-state index in [1.165, 1.54) is 11.8 Å². The Morgan fingerprint density at radius 2 is 1.91 bits per heavy atom. The lowest BCUT2D eigenvalue weighted by atomic mass is 9.69. The van der Waals surface area contributed by atoms with Gasteiger partial charge in [-0.15, -0.1) is 0 Å². The van der Waals surface area contributed by atoms with Crippen LogP contribution in [-0.4, -0.2) is 15.8 Å². The third kappa shape index (κ3) is 4.61. The number of H-pyrrole nitrogens is 1. The summed E-state index contributed by atoms with van der Waals surface area (Å²) in [6.07, 6.45) is 1.18. The van der Waals surface area contributed by atoms with E-state index in [0.717, 1.165) is 27.7 Å². The summed E-state index contributed by atoms with van der Waals surface area (Å²) >= 11 is 11.0. The normalized spacial score (nSPS) is 18.8. The highest BCUT2D eigenvalue weighted by atomic mass is 79.9. The number of rotatable bonds is 4. The third-order valence-electron chi connectivity index (χ3n) is 6.17. The number of carbonyl (C=O) groups is 1. The van der Waals surface area contributed by atoms with E-state index in [9.17, 15) is 9.59 Å². The first kappa shape index (κ1) is 23.4. The number of aromatic amines is 1. The summed E-state index contributed by atoms with van der Waals surface area (Å²) in [6.45, 7) is 4.19. The number of ketones is 1. The van der Waals surface area contributed by atoms with E-state index >= 15 is 0 Å². The highest BCUT2D eigenvalue weighted by Gasteiger charge is 2.42. The SMILES string of the molecule is CC1(C)CC(=O)C2=C(C1)Nc1nc(SCc3cccc(Cl)c3)[nH]c(=O)c1C2c1ccc(Br)cc1. The average molecular weight is 557 g/mol. The number of benzene rings is 2. The van der Waals surface area contributed by atoms with Gasteiger partial charge in [0.1, 0.15) is 5.82 Å². The molecule has 2 aromatic carbocycles. The van der Waals surface area contributed by atoms with Crippen molar-refractivity contribution in [3.8, 4) is 0 Å². The standard InChI is InChI=1S/C26H23BrClN3O2S/c1-26(2)11-18-21(19(32)12-26)20(15-6-8-16(27)9-7-15)22-23(29-18)30-25(31-24(22)33)34-13-14-4-3-5-17(28)10-14/h3-10,20H,11-13H2,1-2H3,(H2,29,30,31,33). The zero-order valence-corrected chi connectivity index (χ0v) is 21.9. The molecule has 0 bridgehead atoms. The molecular formula is C26H23BrClN3O2S. The summed E-state index contributed by atoms with van der Waals surface area (Å²) in [5, 5.41) is 4.57. The summed E-state index contributed by atoms with van der Waals surface area (Å²) in [4.78, 5) is 34.4. The van der Waals surface area contributed by atoms with Gasteiger partial charge in [0.15, 0.2) is 10.9 Å². The van der Waals surface area contributed by atoms with Gasteiger partial charge in [-0.05, 0) is 47.2 Å². The first-order chi connectivity index (χ1) is 16.2. The highest BCUT2D eigenvalue weighted by Crippen LogP contribution is 2.47. The molecule has 174 valence electrons. The number of thioether (sulfide) groups is 1. The van der Waals surface area contributed by atoms with Crippen molar-refractivity contribution in [1.29, 1.82) is 0 Å². The number of anilines is 1. The summed E-state index contributed by atoms with van der Waals surface area (Å²) in [5.41, 5.74) is 3.59. The van der Waals surface area contributed by atoms with Gasteiger partial charge in [-0.3, -0.25) is 9.59 Å². The van der Waals surface area contributed by atoms with Crippen LogP contribution in [0.3, 0.4) is 0 Å². The van der Waals surface area contributed by atoms with Crippen molar-refractivity contribution in [1.82, 2.24) is 9.97 Å². The lowest BCUT2D eigenvalue weighted by molar-refractivity contribution is -0.118. The van der Waals surface area contributed by atoms with Gasteiger partial charge in [-0.2, -0.15) is 0 Å². The number of hydrogen-bond acceptors (Lipinski definition) is 5. The lowest BCUT2D eigenvalue weighted by Gasteiger charge is -2.38. The van der Waals surface area contributed by atoms with Crippen LogP contribution >= 0.6 is 39.3 Å². The van der Waals surface area contributed by atoms with E-state index in [-0.39, 0.29) is 16.8 Å². The van der Waals surface area contributed by atoms with Crippen molar-refractivity contribution in [3.05, 3.63) is 96.3 Å². The Balaban J connectivity index is 1.58. The highest BCUT2D eigenvalue weighted by molar-refractivity contribution is 9.10. The molecule has 0 fully saturated rings. The van der Waals surface area contributed by atoms with Crippen molar-refractivity contribution in [2.75, 3.05) is 5.32 Å². The van der Waals surface area contributed by atoms with Crippen molar-refractivity contribution in [2.45, 2.75) is 43.5 Å². The molecule has 34 heavy (non-hydrogen) atoms. The molecule has 5 rings (SSSR count). The number of halogens is 2. The van der Waals surface area contributed by atoms with Gasteiger partial charge in [0.2, 0.25) is 0 Å². The summed E-state index contributed by atoms with van der Waals surface area (Å²) < 4.78 is 0.940. The minimum absolute atomic E-state index is 0.0797. The number of aromatic nitrogens is 2. The van der Waals surface area contributed by atoms with E-state index in [4.69, 9.17) is 16.6 Å². The average Bonchev–Trinajstić information content (AvgIpc) is 2.76. The molecular weight excluding hydrogens is 534 g/mol. The molecule has 8 heteroatoms. The van der Waals surface area contributed by atoms with Crippen LogP contribution in [0.2, 0.25) is 5.02 Å². The van der Waals surface area contributed by atoms with Gasteiger partial charge >= 0.3 is 0 Å². The Kier molecular flexibility index (Phi) is 6.21. The molecule has 1 atom stereocenters. The largest absolute Gasteiger partial charge is 0.343 e. The number of nitrogens with one attached hydrogen (secondary N) is 2. The Morgan fingerprint density at radius 3 is 2.65 bits per heavy atom. The van der Waals surface area contributed by atoms with Crippen molar-refractivity contribution < 1.29 is 4.79 Å². The molecule has 0 saturated carbocycles. The van der Waals surface area contributed by atoms with Crippen molar-refractivity contribution in [2.24, 2.45) is 5.41 Å². The molecule has 3 aromatic rings. The number of nitrogens with zero attached hydrogens (tertiary/aromatic N) is 1. The maximum absolute atomic E-state index is 13.4. The number of carbonyl (C=O) groups excluding carboxylic acids is 1. The Hall–Kier alpha value is -2.35. The van der Waals surface area contributed by atoms with Crippen molar-refractivity contribution in [3.63, 3.8) is 0 Å². The monoisotopic (exact) mass is 555 g/mol. The molecule has 2 N–H and O–H groups in total. The number of allylic oxidation sites excluding steroid dienone is 2. The van der Waals surface area contributed by atoms with Gasteiger partial charge in [-0.25, -0.2) is 4.98 Å². The van der Waals surface area contributed by atoms with E-state index in [1.54, 1.807) is 0 Å². The van der Waals surface area contributed by atoms with Crippen LogP contribution in [-0.2, 0) is 10.5 Å². The second-order valence-electron chi connectivity index (χ2n) is 9.49. The van der Waals surface area contributed by atoms with E-state index < -0.39 is 5.92 Å². The van der Waals surface area contributed by atoms with Gasteiger partial charge in [0.05, 0.1) is 5.56 Å². The molecule has 2 heterocycles. The molecule has 5 nitrogen and oxygen atoms in total. The zero-order chi connectivity index (χ0) is 24.0. The molecule has 0 amide bonds. The minimum atomic E-state index is -0.453. The van der Waals surface area contributed by atoms with E-state index in [1.807, 2.05) is 48.5 Å². The van der Waals surface area contributed by atoms with Crippen LogP contribution in [0.15, 0.2) is 74.2 Å². The van der Waals surface area contributed by atoms with Crippen LogP contribution in [0.5, 0.6) is 0 Å². The molecule has 1 aromatic heterocycles. The number of hydrogen-bond donors (Lipinski definition) is 2. The molecule has 1 unspecified atom stereocenters. The van der Waals surface area contributed by atoms with Gasteiger partial charge in [0.25, 0.3) is 5.56 Å².